The number of hydrogen-bond donors (Lipinski definition) is 1. The average Bonchev–Trinajstić information content (AvgIpc) is 2.50. The average molecular weight is 289 g/mol. The predicted molar refractivity (Wildman–Crippen MR) is 81.4 cm³/mol. The summed E-state index contributed by atoms with van der Waals surface area (Å²) in [6.45, 7) is 2.01. The van der Waals surface area contributed by atoms with Crippen LogP contribution in [0.2, 0.25) is 0 Å². The van der Waals surface area contributed by atoms with Gasteiger partial charge in [0.15, 0.2) is 23.1 Å². The molecule has 21 heavy (non-hydrogen) atoms. The zero-order valence-corrected chi connectivity index (χ0v) is 12.3. The highest BCUT2D eigenvalue weighted by Crippen LogP contribution is 2.32. The Morgan fingerprint density at radius 3 is 2.43 bits per heavy atom. The Kier molecular flexibility index (Phi) is 5.17. The lowest BCUT2D eigenvalue weighted by Gasteiger charge is -2.12. The second-order valence-electron chi connectivity index (χ2n) is 4.89. The first-order valence-electron chi connectivity index (χ1n) is 6.99. The zero-order valence-electron chi connectivity index (χ0n) is 12.3. The van der Waals surface area contributed by atoms with Crippen LogP contribution in [0, 0.1) is 5.82 Å². The normalized spacial score (nSPS) is 12.0. The molecule has 0 aromatic heterocycles. The van der Waals surface area contributed by atoms with E-state index in [1.807, 2.05) is 25.1 Å². The minimum absolute atomic E-state index is 0.0467. The Balaban J connectivity index is 2.17. The minimum atomic E-state index is -0.401. The Morgan fingerprint density at radius 2 is 1.81 bits per heavy atom. The molecule has 0 spiro atoms. The molecule has 1 atom stereocenters. The van der Waals surface area contributed by atoms with E-state index in [1.165, 1.54) is 6.07 Å². The summed E-state index contributed by atoms with van der Waals surface area (Å²) in [5, 5.41) is 0. The zero-order chi connectivity index (χ0) is 15.2. The lowest BCUT2D eigenvalue weighted by atomic mass is 10.0. The Labute approximate surface area is 124 Å². The second kappa shape index (κ2) is 7.09. The molecular weight excluding hydrogens is 269 g/mol. The summed E-state index contributed by atoms with van der Waals surface area (Å²) >= 11 is 0. The standard InChI is InChI=1S/C17H20FNO2/c1-3-13(19)10-12-8-9-15(14(18)11-12)21-17-7-5-4-6-16(17)20-2/h4-9,11,13H,3,10,19H2,1-2H3. The van der Waals surface area contributed by atoms with E-state index in [0.717, 1.165) is 12.0 Å². The molecule has 0 heterocycles. The van der Waals surface area contributed by atoms with Gasteiger partial charge in [0.2, 0.25) is 0 Å². The molecule has 0 saturated carbocycles. The molecule has 4 heteroatoms. The summed E-state index contributed by atoms with van der Waals surface area (Å²) in [7, 11) is 1.55. The first-order valence-corrected chi connectivity index (χ1v) is 6.99. The van der Waals surface area contributed by atoms with Crippen LogP contribution in [0.15, 0.2) is 42.5 Å². The van der Waals surface area contributed by atoms with Crippen LogP contribution in [0.3, 0.4) is 0 Å². The highest BCUT2D eigenvalue weighted by molar-refractivity contribution is 5.43. The molecule has 2 aromatic carbocycles. The van der Waals surface area contributed by atoms with Crippen molar-refractivity contribution in [1.29, 1.82) is 0 Å². The van der Waals surface area contributed by atoms with E-state index in [0.29, 0.717) is 17.9 Å². The van der Waals surface area contributed by atoms with Gasteiger partial charge in [-0.3, -0.25) is 0 Å². The van der Waals surface area contributed by atoms with Gasteiger partial charge in [-0.2, -0.15) is 0 Å². The van der Waals surface area contributed by atoms with Crippen LogP contribution >= 0.6 is 0 Å². The van der Waals surface area contributed by atoms with Crippen LogP contribution in [0.4, 0.5) is 4.39 Å². The first-order chi connectivity index (χ1) is 10.1. The number of nitrogens with two attached hydrogens (primary N) is 1. The number of rotatable bonds is 6. The largest absolute Gasteiger partial charge is 0.493 e. The van der Waals surface area contributed by atoms with Crippen LogP contribution < -0.4 is 15.2 Å². The number of benzene rings is 2. The summed E-state index contributed by atoms with van der Waals surface area (Å²) in [6, 6.07) is 12.1. The van der Waals surface area contributed by atoms with Gasteiger partial charge in [-0.05, 0) is 42.7 Å². The molecule has 2 aromatic rings. The van der Waals surface area contributed by atoms with Crippen molar-refractivity contribution < 1.29 is 13.9 Å². The minimum Gasteiger partial charge on any atom is -0.493 e. The fourth-order valence-corrected chi connectivity index (χ4v) is 2.02. The summed E-state index contributed by atoms with van der Waals surface area (Å²) in [5.74, 6) is 0.820. The van der Waals surface area contributed by atoms with Gasteiger partial charge < -0.3 is 15.2 Å². The van der Waals surface area contributed by atoms with Gasteiger partial charge >= 0.3 is 0 Å². The quantitative estimate of drug-likeness (QED) is 0.877. The maximum Gasteiger partial charge on any atom is 0.169 e. The third kappa shape index (κ3) is 3.95. The van der Waals surface area contributed by atoms with E-state index in [1.54, 1.807) is 25.3 Å². The molecule has 1 unspecified atom stereocenters. The summed E-state index contributed by atoms with van der Waals surface area (Å²) in [5.41, 5.74) is 6.75. The van der Waals surface area contributed by atoms with Gasteiger partial charge in [-0.25, -0.2) is 4.39 Å². The van der Waals surface area contributed by atoms with Crippen LogP contribution in [-0.2, 0) is 6.42 Å². The number of hydrogen-bond acceptors (Lipinski definition) is 3. The highest BCUT2D eigenvalue weighted by atomic mass is 19.1. The topological polar surface area (TPSA) is 44.5 Å². The van der Waals surface area contributed by atoms with Gasteiger partial charge in [0.1, 0.15) is 0 Å². The van der Waals surface area contributed by atoms with E-state index in [4.69, 9.17) is 15.2 Å². The molecule has 0 aliphatic carbocycles. The SMILES string of the molecule is CCC(N)Cc1ccc(Oc2ccccc2OC)c(F)c1. The summed E-state index contributed by atoms with van der Waals surface area (Å²) in [4.78, 5) is 0. The monoisotopic (exact) mass is 289 g/mol. The van der Waals surface area contributed by atoms with E-state index in [9.17, 15) is 4.39 Å². The van der Waals surface area contributed by atoms with Gasteiger partial charge in [0, 0.05) is 6.04 Å². The number of methoxy groups -OCH3 is 1. The molecule has 112 valence electrons. The van der Waals surface area contributed by atoms with Gasteiger partial charge in [0.25, 0.3) is 0 Å². The van der Waals surface area contributed by atoms with Crippen LogP contribution in [0.1, 0.15) is 18.9 Å². The smallest absolute Gasteiger partial charge is 0.169 e. The molecule has 0 aliphatic heterocycles. The molecule has 0 radical (unpaired) electrons. The van der Waals surface area contributed by atoms with E-state index < -0.39 is 5.82 Å². The van der Waals surface area contributed by atoms with E-state index in [-0.39, 0.29) is 11.8 Å². The number of ether oxygens (including phenoxy) is 2. The Hall–Kier alpha value is -2.07. The van der Waals surface area contributed by atoms with Crippen molar-refractivity contribution in [3.8, 4) is 17.2 Å². The van der Waals surface area contributed by atoms with Crippen molar-refractivity contribution >= 4 is 0 Å². The van der Waals surface area contributed by atoms with Crippen molar-refractivity contribution in [2.45, 2.75) is 25.8 Å². The third-order valence-corrected chi connectivity index (χ3v) is 3.31. The molecular formula is C17H20FNO2. The van der Waals surface area contributed by atoms with Crippen molar-refractivity contribution in [3.05, 3.63) is 53.8 Å². The highest BCUT2D eigenvalue weighted by Gasteiger charge is 2.10. The van der Waals surface area contributed by atoms with Crippen LogP contribution in [0.25, 0.3) is 0 Å². The fourth-order valence-electron chi connectivity index (χ4n) is 2.02. The molecule has 0 aliphatic rings. The van der Waals surface area contributed by atoms with Crippen molar-refractivity contribution in [3.63, 3.8) is 0 Å². The molecule has 0 bridgehead atoms. The molecule has 0 amide bonds. The number of para-hydroxylation sites is 2. The van der Waals surface area contributed by atoms with Crippen molar-refractivity contribution in [2.24, 2.45) is 5.73 Å². The predicted octanol–water partition coefficient (Wildman–Crippen LogP) is 3.91. The fraction of sp³-hybridized carbons (Fsp3) is 0.294. The number of halogens is 1. The Morgan fingerprint density at radius 1 is 1.10 bits per heavy atom. The van der Waals surface area contributed by atoms with E-state index >= 15 is 0 Å². The summed E-state index contributed by atoms with van der Waals surface area (Å²) in [6.07, 6.45) is 1.52. The lowest BCUT2D eigenvalue weighted by Crippen LogP contribution is -2.21. The van der Waals surface area contributed by atoms with Gasteiger partial charge in [0.05, 0.1) is 7.11 Å². The van der Waals surface area contributed by atoms with Crippen molar-refractivity contribution in [1.82, 2.24) is 0 Å². The van der Waals surface area contributed by atoms with Crippen LogP contribution in [0.5, 0.6) is 17.2 Å². The maximum atomic E-state index is 14.1. The third-order valence-electron chi connectivity index (χ3n) is 3.31. The second-order valence-corrected chi connectivity index (χ2v) is 4.89. The molecule has 3 nitrogen and oxygen atoms in total. The lowest BCUT2D eigenvalue weighted by molar-refractivity contribution is 0.371. The molecule has 2 rings (SSSR count). The van der Waals surface area contributed by atoms with Crippen LogP contribution in [-0.4, -0.2) is 13.2 Å². The molecule has 2 N–H and O–H groups in total. The van der Waals surface area contributed by atoms with E-state index in [2.05, 4.69) is 0 Å². The molecule has 0 fully saturated rings. The Bertz CT molecular complexity index is 601. The van der Waals surface area contributed by atoms with Gasteiger partial charge in [-0.15, -0.1) is 0 Å². The summed E-state index contributed by atoms with van der Waals surface area (Å²) < 4.78 is 24.9. The maximum absolute atomic E-state index is 14.1. The van der Waals surface area contributed by atoms with Crippen molar-refractivity contribution in [2.75, 3.05) is 7.11 Å². The first kappa shape index (κ1) is 15.3. The van der Waals surface area contributed by atoms with Gasteiger partial charge in [-0.1, -0.05) is 25.1 Å². The molecule has 0 saturated heterocycles.